The van der Waals surface area contributed by atoms with Gasteiger partial charge in [-0.15, -0.1) is 0 Å². The number of amides is 2. The zero-order chi connectivity index (χ0) is 24.9. The molecule has 1 saturated heterocycles. The van der Waals surface area contributed by atoms with Crippen molar-refractivity contribution in [3.8, 4) is 22.8 Å². The number of aromatic nitrogens is 2. The Kier molecular flexibility index (Phi) is 7.47. The minimum Gasteiger partial charge on any atom is -0.497 e. The van der Waals surface area contributed by atoms with Gasteiger partial charge in [-0.2, -0.15) is 0 Å². The first-order chi connectivity index (χ1) is 16.9. The fourth-order valence-electron chi connectivity index (χ4n) is 3.43. The molecule has 0 radical (unpaired) electrons. The Balaban J connectivity index is 1.39. The summed E-state index contributed by atoms with van der Waals surface area (Å²) in [5.41, 5.74) is 2.90. The number of anilines is 1. The van der Waals surface area contributed by atoms with Crippen LogP contribution in [0.2, 0.25) is 0 Å². The second-order valence-electron chi connectivity index (χ2n) is 7.55. The average molecular weight is 511 g/mol. The van der Waals surface area contributed by atoms with E-state index >= 15 is 0 Å². The molecule has 0 unspecified atom stereocenters. The highest BCUT2D eigenvalue weighted by Gasteiger charge is 2.32. The van der Waals surface area contributed by atoms with Crippen LogP contribution in [0.5, 0.6) is 11.5 Å². The first-order valence-electron chi connectivity index (χ1n) is 10.6. The molecular weight excluding hydrogens is 488 g/mol. The number of nitrogens with zero attached hydrogens (tertiary/aromatic N) is 3. The summed E-state index contributed by atoms with van der Waals surface area (Å²) in [6, 6.07) is 12.8. The van der Waals surface area contributed by atoms with Crippen LogP contribution in [0.25, 0.3) is 17.3 Å². The van der Waals surface area contributed by atoms with Gasteiger partial charge in [0.1, 0.15) is 15.8 Å². The van der Waals surface area contributed by atoms with Crippen LogP contribution in [0.15, 0.2) is 52.0 Å². The van der Waals surface area contributed by atoms with Crippen molar-refractivity contribution in [3.05, 3.63) is 58.5 Å². The highest BCUT2D eigenvalue weighted by molar-refractivity contribution is 8.26. The highest BCUT2D eigenvalue weighted by Crippen LogP contribution is 2.33. The second kappa shape index (κ2) is 10.7. The molecule has 1 aliphatic rings. The SMILES string of the molecule is COc1ccc(/C=C2\SC(=S)N(CCC(=O)Nc3nonc3-c3ccc(OC)cc3C)C2=O)cc1. The van der Waals surface area contributed by atoms with Gasteiger partial charge in [0.05, 0.1) is 19.1 Å². The van der Waals surface area contributed by atoms with Crippen LogP contribution < -0.4 is 14.8 Å². The summed E-state index contributed by atoms with van der Waals surface area (Å²) < 4.78 is 15.6. The number of rotatable bonds is 8. The van der Waals surface area contributed by atoms with Gasteiger partial charge >= 0.3 is 0 Å². The zero-order valence-corrected chi connectivity index (χ0v) is 20.9. The molecule has 1 N–H and O–H groups in total. The van der Waals surface area contributed by atoms with Crippen molar-refractivity contribution >= 4 is 52.0 Å². The first-order valence-corrected chi connectivity index (χ1v) is 11.8. The molecule has 2 heterocycles. The minimum absolute atomic E-state index is 0.0240. The molecule has 2 aromatic carbocycles. The number of thioether (sulfide) groups is 1. The van der Waals surface area contributed by atoms with E-state index in [0.29, 0.717) is 20.7 Å². The van der Waals surface area contributed by atoms with Gasteiger partial charge in [-0.1, -0.05) is 36.1 Å². The van der Waals surface area contributed by atoms with E-state index in [9.17, 15) is 9.59 Å². The summed E-state index contributed by atoms with van der Waals surface area (Å²) in [7, 11) is 3.18. The standard InChI is InChI=1S/C24H22N4O5S2/c1-14-12-17(32-3)8-9-18(14)21-22(27-33-26-21)25-20(29)10-11-28-23(30)19(35-24(28)34)13-15-4-6-16(31-2)7-5-15/h4-9,12-13H,10-11H2,1-3H3,(H,25,27,29)/b19-13-. The molecule has 1 fully saturated rings. The quantitative estimate of drug-likeness (QED) is 0.351. The number of nitrogens with one attached hydrogen (secondary N) is 1. The van der Waals surface area contributed by atoms with Crippen LogP contribution in [0.3, 0.4) is 0 Å². The second-order valence-corrected chi connectivity index (χ2v) is 9.22. The summed E-state index contributed by atoms with van der Waals surface area (Å²) in [5.74, 6) is 1.06. The van der Waals surface area contributed by atoms with Gasteiger partial charge in [-0.05, 0) is 64.8 Å². The number of hydrogen-bond donors (Lipinski definition) is 1. The van der Waals surface area contributed by atoms with Gasteiger partial charge in [-0.3, -0.25) is 14.5 Å². The molecule has 180 valence electrons. The van der Waals surface area contributed by atoms with Crippen LogP contribution in [0.1, 0.15) is 17.5 Å². The maximum absolute atomic E-state index is 12.8. The Bertz CT molecular complexity index is 1300. The molecule has 3 aromatic rings. The number of carbonyl (C=O) groups is 2. The number of ether oxygens (including phenoxy) is 2. The van der Waals surface area contributed by atoms with Crippen molar-refractivity contribution in [3.63, 3.8) is 0 Å². The lowest BCUT2D eigenvalue weighted by atomic mass is 10.1. The number of methoxy groups -OCH3 is 2. The highest BCUT2D eigenvalue weighted by atomic mass is 32.2. The maximum atomic E-state index is 12.8. The molecule has 0 aliphatic carbocycles. The monoisotopic (exact) mass is 510 g/mol. The van der Waals surface area contributed by atoms with Crippen LogP contribution >= 0.6 is 24.0 Å². The fourth-order valence-corrected chi connectivity index (χ4v) is 4.74. The van der Waals surface area contributed by atoms with E-state index < -0.39 is 0 Å². The molecule has 35 heavy (non-hydrogen) atoms. The molecule has 0 atom stereocenters. The van der Waals surface area contributed by atoms with Crippen molar-refractivity contribution in [1.82, 2.24) is 15.2 Å². The Labute approximate surface area is 211 Å². The van der Waals surface area contributed by atoms with Crippen LogP contribution in [0, 0.1) is 6.92 Å². The van der Waals surface area contributed by atoms with E-state index in [1.807, 2.05) is 43.3 Å². The summed E-state index contributed by atoms with van der Waals surface area (Å²) in [5, 5.41) is 10.5. The maximum Gasteiger partial charge on any atom is 0.266 e. The third-order valence-corrected chi connectivity index (χ3v) is 6.66. The molecule has 2 amide bonds. The summed E-state index contributed by atoms with van der Waals surface area (Å²) in [4.78, 5) is 27.4. The summed E-state index contributed by atoms with van der Waals surface area (Å²) >= 11 is 6.57. The molecule has 1 aliphatic heterocycles. The molecule has 0 bridgehead atoms. The Morgan fingerprint density at radius 1 is 1.14 bits per heavy atom. The van der Waals surface area contributed by atoms with Crippen molar-refractivity contribution in [2.75, 3.05) is 26.1 Å². The molecule has 0 spiro atoms. The lowest BCUT2D eigenvalue weighted by molar-refractivity contribution is -0.122. The lowest BCUT2D eigenvalue weighted by Gasteiger charge is -2.14. The number of hydrogen-bond acceptors (Lipinski definition) is 9. The predicted molar refractivity (Wildman–Crippen MR) is 137 cm³/mol. The molecule has 4 rings (SSSR count). The van der Waals surface area contributed by atoms with Crippen LogP contribution in [-0.2, 0) is 9.59 Å². The molecule has 9 nitrogen and oxygen atoms in total. The first kappa shape index (κ1) is 24.4. The van der Waals surface area contributed by atoms with E-state index in [4.69, 9.17) is 26.3 Å². The third-order valence-electron chi connectivity index (χ3n) is 5.28. The Hall–Kier alpha value is -3.70. The van der Waals surface area contributed by atoms with Gasteiger partial charge in [-0.25, -0.2) is 4.63 Å². The fraction of sp³-hybridized carbons (Fsp3) is 0.208. The topological polar surface area (TPSA) is 107 Å². The molecular formula is C24H22N4O5S2. The van der Waals surface area contributed by atoms with Crippen molar-refractivity contribution < 1.29 is 23.7 Å². The summed E-state index contributed by atoms with van der Waals surface area (Å²) in [6.07, 6.45) is 1.79. The van der Waals surface area contributed by atoms with Gasteiger partial charge < -0.3 is 14.8 Å². The zero-order valence-electron chi connectivity index (χ0n) is 19.2. The van der Waals surface area contributed by atoms with E-state index in [1.165, 1.54) is 16.7 Å². The predicted octanol–water partition coefficient (Wildman–Crippen LogP) is 4.29. The Morgan fingerprint density at radius 3 is 2.54 bits per heavy atom. The number of aryl methyl sites for hydroxylation is 1. The number of benzene rings is 2. The minimum atomic E-state index is -0.346. The number of thiocarbonyl (C=S) groups is 1. The average Bonchev–Trinajstić information content (AvgIpc) is 3.41. The Morgan fingerprint density at radius 2 is 1.86 bits per heavy atom. The van der Waals surface area contributed by atoms with E-state index in [1.54, 1.807) is 26.4 Å². The van der Waals surface area contributed by atoms with Gasteiger partial charge in [0.2, 0.25) is 11.7 Å². The smallest absolute Gasteiger partial charge is 0.266 e. The van der Waals surface area contributed by atoms with Gasteiger partial charge in [0, 0.05) is 18.5 Å². The van der Waals surface area contributed by atoms with Gasteiger partial charge in [0.25, 0.3) is 5.91 Å². The van der Waals surface area contributed by atoms with Crippen molar-refractivity contribution in [2.45, 2.75) is 13.3 Å². The van der Waals surface area contributed by atoms with Crippen LogP contribution in [-0.4, -0.2) is 52.1 Å². The van der Waals surface area contributed by atoms with E-state index in [2.05, 4.69) is 15.6 Å². The largest absolute Gasteiger partial charge is 0.497 e. The van der Waals surface area contributed by atoms with Crippen LogP contribution in [0.4, 0.5) is 5.82 Å². The van der Waals surface area contributed by atoms with Gasteiger partial charge in [0.15, 0.2) is 5.69 Å². The van der Waals surface area contributed by atoms with Crippen molar-refractivity contribution in [2.24, 2.45) is 0 Å². The normalized spacial score (nSPS) is 14.5. The lowest BCUT2D eigenvalue weighted by Crippen LogP contribution is -2.31. The van der Waals surface area contributed by atoms with E-state index in [-0.39, 0.29) is 30.6 Å². The summed E-state index contributed by atoms with van der Waals surface area (Å²) in [6.45, 7) is 2.03. The molecule has 11 heteroatoms. The number of carbonyl (C=O) groups excluding carboxylic acids is 2. The van der Waals surface area contributed by atoms with E-state index in [0.717, 1.165) is 22.4 Å². The molecule has 0 saturated carbocycles. The molecule has 1 aromatic heterocycles. The third kappa shape index (κ3) is 5.52. The van der Waals surface area contributed by atoms with Crippen molar-refractivity contribution in [1.29, 1.82) is 0 Å².